The third kappa shape index (κ3) is 2.60. The molecule has 0 aliphatic carbocycles. The zero-order chi connectivity index (χ0) is 15.8. The molecule has 0 amide bonds. The van der Waals surface area contributed by atoms with Gasteiger partial charge in [-0.1, -0.05) is 29.8 Å². The lowest BCUT2D eigenvalue weighted by Crippen LogP contribution is -2.22. The van der Waals surface area contributed by atoms with Crippen molar-refractivity contribution in [1.82, 2.24) is 19.2 Å². The Bertz CT molecular complexity index is 905. The number of benzene rings is 1. The summed E-state index contributed by atoms with van der Waals surface area (Å²) in [7, 11) is 0. The van der Waals surface area contributed by atoms with Gasteiger partial charge in [-0.25, -0.2) is 13.9 Å². The first kappa shape index (κ1) is 14.0. The number of anilines is 1. The lowest BCUT2D eigenvalue weighted by molar-refractivity contribution is 0.658. The minimum atomic E-state index is -0.151. The smallest absolute Gasteiger partial charge is 0.351 e. The van der Waals surface area contributed by atoms with E-state index in [0.29, 0.717) is 12.3 Å². The summed E-state index contributed by atoms with van der Waals surface area (Å²) in [6.07, 6.45) is 4.17. The first-order chi connectivity index (χ1) is 11.2. The molecule has 0 unspecified atom stereocenters. The van der Waals surface area contributed by atoms with Crippen LogP contribution in [0.3, 0.4) is 0 Å². The van der Waals surface area contributed by atoms with Crippen molar-refractivity contribution in [1.29, 1.82) is 0 Å². The molecule has 3 aromatic rings. The van der Waals surface area contributed by atoms with Gasteiger partial charge in [-0.2, -0.15) is 4.98 Å². The lowest BCUT2D eigenvalue weighted by atomic mass is 10.1. The van der Waals surface area contributed by atoms with Crippen molar-refractivity contribution in [3.63, 3.8) is 0 Å². The zero-order valence-electron chi connectivity index (χ0n) is 13.1. The van der Waals surface area contributed by atoms with Crippen LogP contribution >= 0.6 is 0 Å². The monoisotopic (exact) mass is 309 g/mol. The first-order valence-corrected chi connectivity index (χ1v) is 7.97. The van der Waals surface area contributed by atoms with E-state index in [1.807, 2.05) is 31.2 Å². The minimum Gasteiger partial charge on any atom is -0.356 e. The summed E-state index contributed by atoms with van der Waals surface area (Å²) in [4.78, 5) is 19.3. The van der Waals surface area contributed by atoms with E-state index in [4.69, 9.17) is 0 Å². The summed E-state index contributed by atoms with van der Waals surface area (Å²) in [6.45, 7) is 4.55. The minimum absolute atomic E-state index is 0.151. The van der Waals surface area contributed by atoms with Crippen LogP contribution in [-0.4, -0.2) is 32.3 Å². The van der Waals surface area contributed by atoms with Gasteiger partial charge in [0.25, 0.3) is 5.78 Å². The molecule has 1 aromatic carbocycles. The van der Waals surface area contributed by atoms with Crippen LogP contribution in [0.15, 0.2) is 41.3 Å². The highest BCUT2D eigenvalue weighted by Gasteiger charge is 2.16. The summed E-state index contributed by atoms with van der Waals surface area (Å²) >= 11 is 0. The van der Waals surface area contributed by atoms with E-state index in [0.717, 1.165) is 24.5 Å². The van der Waals surface area contributed by atoms with Crippen LogP contribution < -0.4 is 10.6 Å². The molecule has 2 aromatic heterocycles. The molecular formula is C17H19N5O. The molecule has 0 bridgehead atoms. The molecule has 6 heteroatoms. The van der Waals surface area contributed by atoms with Gasteiger partial charge in [0.15, 0.2) is 0 Å². The van der Waals surface area contributed by atoms with E-state index in [1.165, 1.54) is 27.5 Å². The van der Waals surface area contributed by atoms with Gasteiger partial charge in [0.1, 0.15) is 5.82 Å². The predicted molar refractivity (Wildman–Crippen MR) is 89.0 cm³/mol. The Hall–Kier alpha value is -2.63. The maximum atomic E-state index is 12.5. The summed E-state index contributed by atoms with van der Waals surface area (Å²) in [5, 5.41) is 4.40. The molecule has 1 aliphatic rings. The number of hydrogen-bond donors (Lipinski definition) is 0. The van der Waals surface area contributed by atoms with Crippen LogP contribution in [0.2, 0.25) is 0 Å². The molecule has 6 nitrogen and oxygen atoms in total. The molecule has 0 spiro atoms. The van der Waals surface area contributed by atoms with E-state index in [9.17, 15) is 4.79 Å². The maximum Gasteiger partial charge on any atom is 0.351 e. The van der Waals surface area contributed by atoms with Gasteiger partial charge in [0.05, 0.1) is 6.54 Å². The fraction of sp³-hybridized carbons (Fsp3) is 0.353. The van der Waals surface area contributed by atoms with Crippen molar-refractivity contribution >= 4 is 11.6 Å². The lowest BCUT2D eigenvalue weighted by Gasteiger charge is -2.15. The first-order valence-electron chi connectivity index (χ1n) is 7.97. The molecule has 1 aliphatic heterocycles. The van der Waals surface area contributed by atoms with Crippen LogP contribution in [-0.2, 0) is 6.54 Å². The van der Waals surface area contributed by atoms with Crippen molar-refractivity contribution in [2.45, 2.75) is 26.3 Å². The zero-order valence-corrected chi connectivity index (χ0v) is 13.1. The van der Waals surface area contributed by atoms with Crippen LogP contribution in [0.4, 0.5) is 5.82 Å². The van der Waals surface area contributed by atoms with E-state index in [2.05, 4.69) is 21.0 Å². The highest BCUT2D eigenvalue weighted by molar-refractivity contribution is 5.44. The summed E-state index contributed by atoms with van der Waals surface area (Å²) in [6, 6.07) is 10.0. The molecule has 0 N–H and O–H groups in total. The van der Waals surface area contributed by atoms with Crippen molar-refractivity contribution in [3.8, 4) is 0 Å². The quantitative estimate of drug-likeness (QED) is 0.741. The molecule has 23 heavy (non-hydrogen) atoms. The number of fused-ring (bicyclic) bond motifs is 1. The van der Waals surface area contributed by atoms with E-state index in [1.54, 1.807) is 6.20 Å². The summed E-state index contributed by atoms with van der Waals surface area (Å²) in [5.74, 6) is 1.37. The highest BCUT2D eigenvalue weighted by atomic mass is 16.2. The second kappa shape index (κ2) is 5.53. The molecule has 1 fully saturated rings. The van der Waals surface area contributed by atoms with Gasteiger partial charge in [0.2, 0.25) is 0 Å². The Kier molecular flexibility index (Phi) is 3.37. The summed E-state index contributed by atoms with van der Waals surface area (Å²) in [5.41, 5.74) is 2.09. The third-order valence-corrected chi connectivity index (χ3v) is 4.28. The Morgan fingerprint density at radius 1 is 1.17 bits per heavy atom. The van der Waals surface area contributed by atoms with Crippen LogP contribution in [0.1, 0.15) is 24.0 Å². The molecule has 3 heterocycles. The molecule has 4 rings (SSSR count). The van der Waals surface area contributed by atoms with Gasteiger partial charge in [0, 0.05) is 19.3 Å². The van der Waals surface area contributed by atoms with Gasteiger partial charge >= 0.3 is 5.69 Å². The van der Waals surface area contributed by atoms with E-state index < -0.39 is 0 Å². The maximum absolute atomic E-state index is 12.5. The van der Waals surface area contributed by atoms with Gasteiger partial charge in [-0.15, -0.1) is 5.10 Å². The van der Waals surface area contributed by atoms with Gasteiger partial charge in [-0.05, 0) is 31.4 Å². The van der Waals surface area contributed by atoms with Crippen LogP contribution in [0.25, 0.3) is 5.78 Å². The fourth-order valence-corrected chi connectivity index (χ4v) is 3.11. The Morgan fingerprint density at radius 3 is 2.78 bits per heavy atom. The molecule has 0 radical (unpaired) electrons. The second-order valence-electron chi connectivity index (χ2n) is 6.08. The largest absolute Gasteiger partial charge is 0.356 e. The average Bonchev–Trinajstić information content (AvgIpc) is 3.17. The molecule has 118 valence electrons. The van der Waals surface area contributed by atoms with Crippen molar-refractivity contribution in [3.05, 3.63) is 58.1 Å². The van der Waals surface area contributed by atoms with Gasteiger partial charge < -0.3 is 4.90 Å². The van der Waals surface area contributed by atoms with Crippen molar-refractivity contribution in [2.75, 3.05) is 18.0 Å². The SMILES string of the molecule is Cc1cccc(Cn2nc3nc(N4CCCC4)ccn3c2=O)c1. The normalized spacial score (nSPS) is 14.7. The van der Waals surface area contributed by atoms with E-state index in [-0.39, 0.29) is 5.69 Å². The summed E-state index contributed by atoms with van der Waals surface area (Å²) < 4.78 is 2.99. The molecule has 0 saturated carbocycles. The number of nitrogens with zero attached hydrogens (tertiary/aromatic N) is 5. The molecule has 0 atom stereocenters. The van der Waals surface area contributed by atoms with Crippen molar-refractivity contribution in [2.24, 2.45) is 0 Å². The Labute approximate surface area is 134 Å². The van der Waals surface area contributed by atoms with Gasteiger partial charge in [-0.3, -0.25) is 0 Å². The Balaban J connectivity index is 1.70. The fourth-order valence-electron chi connectivity index (χ4n) is 3.11. The number of rotatable bonds is 3. The average molecular weight is 309 g/mol. The highest BCUT2D eigenvalue weighted by Crippen LogP contribution is 2.17. The second-order valence-corrected chi connectivity index (χ2v) is 6.08. The molecule has 1 saturated heterocycles. The number of aryl methyl sites for hydroxylation is 1. The molecular weight excluding hydrogens is 290 g/mol. The van der Waals surface area contributed by atoms with Crippen molar-refractivity contribution < 1.29 is 0 Å². The predicted octanol–water partition coefficient (Wildman–Crippen LogP) is 1.85. The Morgan fingerprint density at radius 2 is 2.00 bits per heavy atom. The standard InChI is InChI=1S/C17H19N5O/c1-13-5-4-6-14(11-13)12-22-17(23)21-10-7-15(18-16(21)19-22)20-8-2-3-9-20/h4-7,10-11H,2-3,8-9,12H2,1H3. The van der Waals surface area contributed by atoms with Crippen LogP contribution in [0, 0.1) is 6.92 Å². The number of aromatic nitrogens is 4. The number of hydrogen-bond acceptors (Lipinski definition) is 4. The third-order valence-electron chi connectivity index (χ3n) is 4.28. The van der Waals surface area contributed by atoms with Crippen LogP contribution in [0.5, 0.6) is 0 Å². The topological polar surface area (TPSA) is 55.4 Å². The van der Waals surface area contributed by atoms with E-state index >= 15 is 0 Å².